The van der Waals surface area contributed by atoms with E-state index in [9.17, 15) is 20.0 Å². The highest BCUT2D eigenvalue weighted by atomic mass is 16.6. The maximum Gasteiger partial charge on any atom is 0.296 e. The van der Waals surface area contributed by atoms with Gasteiger partial charge in [0.25, 0.3) is 5.69 Å². The number of nitrogens with zero attached hydrogens (tertiary/aromatic N) is 1. The molecule has 3 rings (SSSR count). The first-order chi connectivity index (χ1) is 14.9. The van der Waals surface area contributed by atoms with E-state index in [-0.39, 0.29) is 17.3 Å². The minimum Gasteiger partial charge on any atom is -0.484 e. The molecule has 0 saturated heterocycles. The number of fused-ring (bicyclic) bond motifs is 1. The highest BCUT2D eigenvalue weighted by Gasteiger charge is 2.44. The quantitative estimate of drug-likeness (QED) is 0.461. The Morgan fingerprint density at radius 3 is 2.47 bits per heavy atom. The van der Waals surface area contributed by atoms with Crippen molar-refractivity contribution in [3.05, 3.63) is 63.7 Å². The van der Waals surface area contributed by atoms with E-state index in [2.05, 4.69) is 10.6 Å². The van der Waals surface area contributed by atoms with E-state index in [0.717, 1.165) is 12.0 Å². The van der Waals surface area contributed by atoms with Crippen LogP contribution in [0.5, 0.6) is 5.75 Å². The number of ether oxygens (including phenoxy) is 1. The molecule has 0 bridgehead atoms. The Labute approximate surface area is 188 Å². The van der Waals surface area contributed by atoms with Crippen LogP contribution in [0.2, 0.25) is 0 Å². The molecule has 1 heterocycles. The molecule has 1 aliphatic rings. The van der Waals surface area contributed by atoms with Crippen molar-refractivity contribution < 1.29 is 19.6 Å². The van der Waals surface area contributed by atoms with Gasteiger partial charge in [0.1, 0.15) is 23.1 Å². The second-order valence-corrected chi connectivity index (χ2v) is 9.69. The number of nitro benzene ring substituents is 1. The third kappa shape index (κ3) is 5.08. The van der Waals surface area contributed by atoms with E-state index >= 15 is 0 Å². The normalized spacial score (nSPS) is 19.6. The first-order valence-electron chi connectivity index (χ1n) is 10.7. The van der Waals surface area contributed by atoms with Gasteiger partial charge in [0, 0.05) is 11.0 Å². The number of carbonyl (C=O) groups excluding carboxylic acids is 1. The van der Waals surface area contributed by atoms with Crippen LogP contribution >= 0.6 is 0 Å². The average molecular weight is 442 g/mol. The average Bonchev–Trinajstić information content (AvgIpc) is 2.70. The smallest absolute Gasteiger partial charge is 0.296 e. The lowest BCUT2D eigenvalue weighted by molar-refractivity contribution is -0.384. The number of nitro groups is 1. The summed E-state index contributed by atoms with van der Waals surface area (Å²) in [5.74, 6) is -0.0234. The molecule has 0 unspecified atom stereocenters. The SMILES string of the molecule is CC(C)(C)C(=O)Nc1cc2c(cc1[N+](=O)[O-])OC(C)(C)[C@H](O)[C@H]2NCCc1ccccc1. The third-order valence-electron chi connectivity index (χ3n) is 5.61. The van der Waals surface area contributed by atoms with Crippen LogP contribution in [0.3, 0.4) is 0 Å². The zero-order valence-electron chi connectivity index (χ0n) is 19.1. The number of benzene rings is 2. The molecule has 8 heteroatoms. The second-order valence-electron chi connectivity index (χ2n) is 9.69. The number of aliphatic hydroxyl groups excluding tert-OH is 1. The molecule has 0 saturated carbocycles. The summed E-state index contributed by atoms with van der Waals surface area (Å²) in [4.78, 5) is 23.7. The van der Waals surface area contributed by atoms with Crippen LogP contribution < -0.4 is 15.4 Å². The van der Waals surface area contributed by atoms with Crippen LogP contribution in [0.25, 0.3) is 0 Å². The first-order valence-corrected chi connectivity index (χ1v) is 10.7. The standard InChI is InChI=1S/C24H31N3O5/c1-23(2,3)22(29)26-17-13-16-19(14-18(17)27(30)31)32-24(4,5)21(28)20(16)25-12-11-15-9-7-6-8-10-15/h6-10,13-14,20-21,25,28H,11-12H2,1-5H3,(H,26,29)/t20-,21+/m0/s1. The van der Waals surface area contributed by atoms with E-state index in [1.807, 2.05) is 30.3 Å². The fourth-order valence-corrected chi connectivity index (χ4v) is 3.63. The predicted molar refractivity (Wildman–Crippen MR) is 123 cm³/mol. The lowest BCUT2D eigenvalue weighted by Crippen LogP contribution is -2.52. The molecule has 32 heavy (non-hydrogen) atoms. The predicted octanol–water partition coefficient (Wildman–Crippen LogP) is 3.98. The third-order valence-corrected chi connectivity index (χ3v) is 5.61. The molecule has 3 N–H and O–H groups in total. The molecule has 1 amide bonds. The van der Waals surface area contributed by atoms with Crippen molar-refractivity contribution in [2.45, 2.75) is 58.8 Å². The van der Waals surface area contributed by atoms with E-state index in [0.29, 0.717) is 17.9 Å². The monoisotopic (exact) mass is 441 g/mol. The first kappa shape index (κ1) is 23.7. The molecule has 0 aromatic heterocycles. The summed E-state index contributed by atoms with van der Waals surface area (Å²) in [7, 11) is 0. The molecule has 0 radical (unpaired) electrons. The summed E-state index contributed by atoms with van der Waals surface area (Å²) in [6.45, 7) is 9.27. The van der Waals surface area contributed by atoms with Gasteiger partial charge in [-0.1, -0.05) is 51.1 Å². The lowest BCUT2D eigenvalue weighted by Gasteiger charge is -2.42. The fourth-order valence-electron chi connectivity index (χ4n) is 3.63. The van der Waals surface area contributed by atoms with Crippen molar-refractivity contribution >= 4 is 17.3 Å². The number of anilines is 1. The van der Waals surface area contributed by atoms with Crippen LogP contribution in [0.1, 0.15) is 51.8 Å². The molecule has 2 atom stereocenters. The van der Waals surface area contributed by atoms with Gasteiger partial charge in [-0.15, -0.1) is 0 Å². The minimum absolute atomic E-state index is 0.0824. The van der Waals surface area contributed by atoms with Gasteiger partial charge in [-0.05, 0) is 38.4 Å². The van der Waals surface area contributed by atoms with E-state index in [1.165, 1.54) is 12.1 Å². The van der Waals surface area contributed by atoms with Crippen LogP contribution in [0.15, 0.2) is 42.5 Å². The highest BCUT2D eigenvalue weighted by molar-refractivity contribution is 5.96. The minimum atomic E-state index is -0.957. The van der Waals surface area contributed by atoms with E-state index < -0.39 is 28.1 Å². The number of aliphatic hydroxyl groups is 1. The maximum absolute atomic E-state index is 12.5. The van der Waals surface area contributed by atoms with Gasteiger partial charge >= 0.3 is 0 Å². The largest absolute Gasteiger partial charge is 0.484 e. The summed E-state index contributed by atoms with van der Waals surface area (Å²) >= 11 is 0. The molecule has 0 aliphatic carbocycles. The van der Waals surface area contributed by atoms with E-state index in [4.69, 9.17) is 4.74 Å². The van der Waals surface area contributed by atoms with Crippen molar-refractivity contribution in [3.63, 3.8) is 0 Å². The number of nitrogens with one attached hydrogen (secondary N) is 2. The van der Waals surface area contributed by atoms with Crippen LogP contribution in [0, 0.1) is 15.5 Å². The van der Waals surface area contributed by atoms with Gasteiger partial charge < -0.3 is 20.5 Å². The van der Waals surface area contributed by atoms with Crippen molar-refractivity contribution in [1.29, 1.82) is 0 Å². The van der Waals surface area contributed by atoms with Gasteiger partial charge in [0.05, 0.1) is 17.0 Å². The molecule has 172 valence electrons. The Balaban J connectivity index is 1.96. The zero-order valence-corrected chi connectivity index (χ0v) is 19.1. The Kier molecular flexibility index (Phi) is 6.57. The van der Waals surface area contributed by atoms with Crippen molar-refractivity contribution in [1.82, 2.24) is 5.32 Å². The van der Waals surface area contributed by atoms with Crippen LogP contribution in [0.4, 0.5) is 11.4 Å². The van der Waals surface area contributed by atoms with Crippen LogP contribution in [-0.4, -0.2) is 34.2 Å². The molecule has 2 aromatic carbocycles. The maximum atomic E-state index is 12.5. The summed E-state index contributed by atoms with van der Waals surface area (Å²) in [5.41, 5.74) is -0.130. The highest BCUT2D eigenvalue weighted by Crippen LogP contribution is 2.44. The number of hydrogen-bond acceptors (Lipinski definition) is 6. The van der Waals surface area contributed by atoms with Gasteiger partial charge in [0.2, 0.25) is 5.91 Å². The lowest BCUT2D eigenvalue weighted by atomic mass is 9.86. The van der Waals surface area contributed by atoms with Gasteiger partial charge in [-0.25, -0.2) is 0 Å². The molecular weight excluding hydrogens is 410 g/mol. The fraction of sp³-hybridized carbons (Fsp3) is 0.458. The summed E-state index contributed by atoms with van der Waals surface area (Å²) in [6.07, 6.45) is -0.153. The number of rotatable bonds is 6. The molecule has 0 fully saturated rings. The van der Waals surface area contributed by atoms with E-state index in [1.54, 1.807) is 34.6 Å². The Morgan fingerprint density at radius 2 is 1.88 bits per heavy atom. The second kappa shape index (κ2) is 8.88. The molecule has 1 aliphatic heterocycles. The Hall–Kier alpha value is -2.97. The molecule has 2 aromatic rings. The molecule has 8 nitrogen and oxygen atoms in total. The van der Waals surface area contributed by atoms with Crippen LogP contribution in [-0.2, 0) is 11.2 Å². The van der Waals surface area contributed by atoms with Crippen molar-refractivity contribution in [3.8, 4) is 5.75 Å². The summed E-state index contributed by atoms with van der Waals surface area (Å²) < 4.78 is 5.94. The Morgan fingerprint density at radius 1 is 1.22 bits per heavy atom. The topological polar surface area (TPSA) is 114 Å². The van der Waals surface area contributed by atoms with Gasteiger partial charge in [-0.2, -0.15) is 0 Å². The number of amides is 1. The van der Waals surface area contributed by atoms with Crippen molar-refractivity contribution in [2.24, 2.45) is 5.41 Å². The number of carbonyl (C=O) groups is 1. The molecule has 0 spiro atoms. The Bertz CT molecular complexity index is 999. The molecular formula is C24H31N3O5. The summed E-state index contributed by atoms with van der Waals surface area (Å²) in [5, 5.41) is 28.8. The van der Waals surface area contributed by atoms with Crippen molar-refractivity contribution in [2.75, 3.05) is 11.9 Å². The zero-order chi connectivity index (χ0) is 23.7. The number of hydrogen-bond donors (Lipinski definition) is 3. The summed E-state index contributed by atoms with van der Waals surface area (Å²) in [6, 6.07) is 12.3. The van der Waals surface area contributed by atoms with Gasteiger partial charge in [-0.3, -0.25) is 14.9 Å². The van der Waals surface area contributed by atoms with Gasteiger partial charge in [0.15, 0.2) is 0 Å².